The van der Waals surface area contributed by atoms with Gasteiger partial charge in [-0.15, -0.1) is 0 Å². The Bertz CT molecular complexity index is 1710. The summed E-state index contributed by atoms with van der Waals surface area (Å²) in [4.78, 5) is 26.1. The van der Waals surface area contributed by atoms with Crippen LogP contribution in [0.25, 0.3) is 0 Å². The predicted octanol–water partition coefficient (Wildman–Crippen LogP) is 5.69. The summed E-state index contributed by atoms with van der Waals surface area (Å²) in [5.41, 5.74) is 2.79. The van der Waals surface area contributed by atoms with Crippen LogP contribution in [-0.4, -0.2) is 41.0 Å². The van der Waals surface area contributed by atoms with Gasteiger partial charge in [-0.05, 0) is 73.5 Å². The number of halogens is 1. The molecule has 4 aromatic rings. The minimum atomic E-state index is -3.87. The van der Waals surface area contributed by atoms with Gasteiger partial charge in [-0.25, -0.2) is 8.42 Å². The maximum atomic E-state index is 13.0. The van der Waals surface area contributed by atoms with Crippen molar-refractivity contribution in [1.29, 1.82) is 0 Å². The molecular weight excluding hydrogens is 578 g/mol. The Morgan fingerprint density at radius 2 is 1.52 bits per heavy atom. The fourth-order valence-electron chi connectivity index (χ4n) is 4.10. The monoisotopic (exact) mass is 607 g/mol. The molecule has 0 heterocycles. The van der Waals surface area contributed by atoms with Crippen molar-refractivity contribution in [2.24, 2.45) is 0 Å². The van der Waals surface area contributed by atoms with Crippen molar-refractivity contribution in [2.45, 2.75) is 18.2 Å². The Morgan fingerprint density at radius 1 is 0.810 bits per heavy atom. The molecule has 0 aromatic heterocycles. The first-order valence-electron chi connectivity index (χ1n) is 12.9. The molecule has 0 fully saturated rings. The zero-order chi connectivity index (χ0) is 30.3. The number of hydrogen-bond donors (Lipinski definition) is 3. The molecule has 0 saturated heterocycles. The van der Waals surface area contributed by atoms with Gasteiger partial charge < -0.3 is 20.1 Å². The standard InChI is InChI=1S/C31H30ClN3O6S/c1-20-8-12-23(13-9-20)42(38,39)35-27-14-11-22(19-25(27)32)30(36)34-26-7-5-4-6-24(26)31(37)33-17-16-21-10-15-28(40-2)29(18-21)41-3/h4-15,18-19,35H,16-17H2,1-3H3,(H,33,37)(H,34,36). The number of methoxy groups -OCH3 is 2. The number of ether oxygens (including phenoxy) is 2. The average molecular weight is 608 g/mol. The van der Waals surface area contributed by atoms with Crippen LogP contribution < -0.4 is 24.8 Å². The third kappa shape index (κ3) is 7.39. The Balaban J connectivity index is 1.41. The second kappa shape index (κ2) is 13.4. The molecule has 0 bridgehead atoms. The highest BCUT2D eigenvalue weighted by atomic mass is 35.5. The first-order valence-corrected chi connectivity index (χ1v) is 14.8. The number of anilines is 2. The molecule has 9 nitrogen and oxygen atoms in total. The van der Waals surface area contributed by atoms with Crippen molar-refractivity contribution in [2.75, 3.05) is 30.8 Å². The van der Waals surface area contributed by atoms with E-state index in [0.29, 0.717) is 30.2 Å². The van der Waals surface area contributed by atoms with Gasteiger partial charge in [0.1, 0.15) is 0 Å². The van der Waals surface area contributed by atoms with E-state index in [0.717, 1.165) is 11.1 Å². The number of carbonyl (C=O) groups is 2. The van der Waals surface area contributed by atoms with E-state index in [-0.39, 0.29) is 32.6 Å². The van der Waals surface area contributed by atoms with Crippen molar-refractivity contribution < 1.29 is 27.5 Å². The summed E-state index contributed by atoms with van der Waals surface area (Å²) in [6, 6.07) is 22.8. The van der Waals surface area contributed by atoms with E-state index in [1.165, 1.54) is 30.3 Å². The van der Waals surface area contributed by atoms with Crippen LogP contribution in [0.5, 0.6) is 11.5 Å². The Labute approximate surface area is 249 Å². The highest BCUT2D eigenvalue weighted by Gasteiger charge is 2.18. The topological polar surface area (TPSA) is 123 Å². The van der Waals surface area contributed by atoms with Gasteiger partial charge in [0, 0.05) is 12.1 Å². The second-order valence-corrected chi connectivity index (χ2v) is 11.4. The Kier molecular flexibility index (Phi) is 9.72. The SMILES string of the molecule is COc1ccc(CCNC(=O)c2ccccc2NC(=O)c2ccc(NS(=O)(=O)c3ccc(C)cc3)c(Cl)c2)cc1OC. The zero-order valence-corrected chi connectivity index (χ0v) is 24.8. The molecule has 4 aromatic carbocycles. The van der Waals surface area contributed by atoms with E-state index in [1.54, 1.807) is 56.7 Å². The van der Waals surface area contributed by atoms with Crippen molar-refractivity contribution in [3.05, 3.63) is 112 Å². The fourth-order valence-corrected chi connectivity index (χ4v) is 5.46. The quantitative estimate of drug-likeness (QED) is 0.201. The highest BCUT2D eigenvalue weighted by Crippen LogP contribution is 2.28. The van der Waals surface area contributed by atoms with Gasteiger partial charge in [0.25, 0.3) is 21.8 Å². The number of aryl methyl sites for hydroxylation is 1. The molecule has 0 aliphatic heterocycles. The molecule has 4 rings (SSSR count). The summed E-state index contributed by atoms with van der Waals surface area (Å²) in [5.74, 6) is 0.348. The lowest BCUT2D eigenvalue weighted by Gasteiger charge is -2.13. The lowest BCUT2D eigenvalue weighted by molar-refractivity contribution is 0.0955. The number of amides is 2. The smallest absolute Gasteiger partial charge is 0.261 e. The van der Waals surface area contributed by atoms with E-state index in [4.69, 9.17) is 21.1 Å². The summed E-state index contributed by atoms with van der Waals surface area (Å²) in [6.45, 7) is 2.21. The largest absolute Gasteiger partial charge is 0.493 e. The predicted molar refractivity (Wildman–Crippen MR) is 163 cm³/mol. The average Bonchev–Trinajstić information content (AvgIpc) is 2.98. The van der Waals surface area contributed by atoms with E-state index in [2.05, 4.69) is 15.4 Å². The number of nitrogens with one attached hydrogen (secondary N) is 3. The van der Waals surface area contributed by atoms with E-state index in [1.807, 2.05) is 19.1 Å². The Hall–Kier alpha value is -4.54. The van der Waals surface area contributed by atoms with Crippen molar-refractivity contribution in [1.82, 2.24) is 5.32 Å². The molecule has 218 valence electrons. The normalized spacial score (nSPS) is 11.0. The maximum absolute atomic E-state index is 13.0. The third-order valence-electron chi connectivity index (χ3n) is 6.37. The van der Waals surface area contributed by atoms with Crippen LogP contribution >= 0.6 is 11.6 Å². The van der Waals surface area contributed by atoms with Gasteiger partial charge in [0.2, 0.25) is 0 Å². The van der Waals surface area contributed by atoms with E-state index < -0.39 is 15.9 Å². The lowest BCUT2D eigenvalue weighted by atomic mass is 10.1. The number of rotatable bonds is 11. The van der Waals surface area contributed by atoms with Gasteiger partial charge in [-0.2, -0.15) is 0 Å². The van der Waals surface area contributed by atoms with Crippen molar-refractivity contribution >= 4 is 44.8 Å². The summed E-state index contributed by atoms with van der Waals surface area (Å²) >= 11 is 6.33. The molecule has 11 heteroatoms. The number of benzene rings is 4. The lowest BCUT2D eigenvalue weighted by Crippen LogP contribution is -2.27. The molecule has 0 radical (unpaired) electrons. The first kappa shape index (κ1) is 30.4. The van der Waals surface area contributed by atoms with Crippen LogP contribution in [0.2, 0.25) is 5.02 Å². The Morgan fingerprint density at radius 3 is 2.21 bits per heavy atom. The zero-order valence-electron chi connectivity index (χ0n) is 23.2. The van der Waals surface area contributed by atoms with Crippen molar-refractivity contribution in [3.63, 3.8) is 0 Å². The maximum Gasteiger partial charge on any atom is 0.261 e. The van der Waals surface area contributed by atoms with Gasteiger partial charge in [0.15, 0.2) is 11.5 Å². The minimum Gasteiger partial charge on any atom is -0.493 e. The third-order valence-corrected chi connectivity index (χ3v) is 8.07. The summed E-state index contributed by atoms with van der Waals surface area (Å²) in [7, 11) is -0.748. The molecule has 0 aliphatic carbocycles. The molecule has 42 heavy (non-hydrogen) atoms. The molecular formula is C31H30ClN3O6S. The number of hydrogen-bond acceptors (Lipinski definition) is 6. The number of carbonyl (C=O) groups excluding carboxylic acids is 2. The van der Waals surface area contributed by atoms with E-state index in [9.17, 15) is 18.0 Å². The summed E-state index contributed by atoms with van der Waals surface area (Å²) < 4.78 is 38.5. The van der Waals surface area contributed by atoms with Crippen LogP contribution in [-0.2, 0) is 16.4 Å². The van der Waals surface area contributed by atoms with Gasteiger partial charge in [0.05, 0.1) is 41.1 Å². The molecule has 3 N–H and O–H groups in total. The molecule has 0 aliphatic rings. The highest BCUT2D eigenvalue weighted by molar-refractivity contribution is 7.92. The number of sulfonamides is 1. The molecule has 0 atom stereocenters. The summed E-state index contributed by atoms with van der Waals surface area (Å²) in [5, 5.41) is 5.66. The fraction of sp³-hybridized carbons (Fsp3) is 0.161. The number of para-hydroxylation sites is 1. The minimum absolute atomic E-state index is 0.0412. The van der Waals surface area contributed by atoms with E-state index >= 15 is 0 Å². The van der Waals surface area contributed by atoms with Crippen LogP contribution in [0.4, 0.5) is 11.4 Å². The van der Waals surface area contributed by atoms with Gasteiger partial charge >= 0.3 is 0 Å². The molecule has 0 saturated carbocycles. The van der Waals surface area contributed by atoms with Crippen LogP contribution in [0.3, 0.4) is 0 Å². The van der Waals surface area contributed by atoms with Crippen LogP contribution in [0, 0.1) is 6.92 Å². The van der Waals surface area contributed by atoms with Gasteiger partial charge in [-0.3, -0.25) is 14.3 Å². The second-order valence-electron chi connectivity index (χ2n) is 9.31. The first-order chi connectivity index (χ1) is 20.1. The van der Waals surface area contributed by atoms with Crippen LogP contribution in [0.15, 0.2) is 89.8 Å². The van der Waals surface area contributed by atoms with Crippen molar-refractivity contribution in [3.8, 4) is 11.5 Å². The molecule has 2 amide bonds. The van der Waals surface area contributed by atoms with Gasteiger partial charge in [-0.1, -0.05) is 47.5 Å². The molecule has 0 unspecified atom stereocenters. The summed E-state index contributed by atoms with van der Waals surface area (Å²) in [6.07, 6.45) is 0.555. The molecule has 0 spiro atoms. The van der Waals surface area contributed by atoms with Crippen LogP contribution in [0.1, 0.15) is 31.8 Å².